The quantitative estimate of drug-likeness (QED) is 0.0569. The van der Waals surface area contributed by atoms with E-state index in [0.717, 1.165) is 0 Å². The van der Waals surface area contributed by atoms with Gasteiger partial charge in [0.15, 0.2) is 5.96 Å². The summed E-state index contributed by atoms with van der Waals surface area (Å²) in [6.45, 7) is 7.60. The van der Waals surface area contributed by atoms with E-state index in [1.807, 2.05) is 20.8 Å². The molecule has 0 aliphatic rings. The maximum absolute atomic E-state index is 13.2. The lowest BCUT2D eigenvalue weighted by Gasteiger charge is -2.28. The third-order valence-corrected chi connectivity index (χ3v) is 5.73. The molecule has 0 rings (SSSR count). The summed E-state index contributed by atoms with van der Waals surface area (Å²) < 4.78 is 0. The molecule has 14 heteroatoms. The molecule has 37 heavy (non-hydrogen) atoms. The molecule has 12 N–H and O–H groups in total. The number of nitrogens with zero attached hydrogens (tertiary/aromatic N) is 1. The second-order valence-corrected chi connectivity index (χ2v) is 9.52. The monoisotopic (exact) mass is 528 g/mol. The number of carbonyl (C=O) groups excluding carboxylic acids is 4. The molecule has 5 unspecified atom stereocenters. The lowest BCUT2D eigenvalue weighted by Crippen LogP contribution is -2.58. The maximum Gasteiger partial charge on any atom is 0.326 e. The Hall–Kier alpha value is -3.42. The number of hydrogen-bond acceptors (Lipinski definition) is 7. The summed E-state index contributed by atoms with van der Waals surface area (Å²) in [5.41, 5.74) is 21.6. The molecule has 0 spiro atoms. The van der Waals surface area contributed by atoms with Gasteiger partial charge in [-0.2, -0.15) is 0 Å². The first-order valence-electron chi connectivity index (χ1n) is 12.4. The van der Waals surface area contributed by atoms with Crippen LogP contribution in [0.3, 0.4) is 0 Å². The summed E-state index contributed by atoms with van der Waals surface area (Å²) in [4.78, 5) is 65.2. The number of primary amides is 1. The first-order chi connectivity index (χ1) is 17.2. The Balaban J connectivity index is 5.47. The molecule has 14 nitrogen and oxygen atoms in total. The van der Waals surface area contributed by atoms with Crippen molar-refractivity contribution in [1.29, 1.82) is 0 Å². The summed E-state index contributed by atoms with van der Waals surface area (Å²) >= 11 is 0. The molecular formula is C23H44N8O6. The first kappa shape index (κ1) is 33.6. The van der Waals surface area contributed by atoms with Gasteiger partial charge in [0.1, 0.15) is 18.1 Å². The number of carbonyl (C=O) groups is 5. The highest BCUT2D eigenvalue weighted by Gasteiger charge is 2.32. The van der Waals surface area contributed by atoms with Crippen LogP contribution >= 0.6 is 0 Å². The summed E-state index contributed by atoms with van der Waals surface area (Å²) in [7, 11) is 0. The van der Waals surface area contributed by atoms with Crippen molar-refractivity contribution in [3.8, 4) is 0 Å². The predicted molar refractivity (Wildman–Crippen MR) is 139 cm³/mol. The second-order valence-electron chi connectivity index (χ2n) is 9.52. The van der Waals surface area contributed by atoms with Gasteiger partial charge in [-0.3, -0.25) is 24.2 Å². The van der Waals surface area contributed by atoms with Gasteiger partial charge in [0, 0.05) is 13.0 Å². The number of carboxylic acids is 1. The third kappa shape index (κ3) is 14.0. The normalized spacial score (nSPS) is 15.0. The molecule has 4 amide bonds. The smallest absolute Gasteiger partial charge is 0.326 e. The van der Waals surface area contributed by atoms with Crippen molar-refractivity contribution in [2.24, 2.45) is 39.8 Å². The van der Waals surface area contributed by atoms with E-state index in [1.54, 1.807) is 6.92 Å². The number of hydrogen-bond donors (Lipinski definition) is 8. The van der Waals surface area contributed by atoms with Crippen LogP contribution < -0.4 is 38.9 Å². The summed E-state index contributed by atoms with van der Waals surface area (Å²) in [6, 6.07) is -4.30. The van der Waals surface area contributed by atoms with Crippen LogP contribution in [0.25, 0.3) is 0 Å². The van der Waals surface area contributed by atoms with E-state index in [9.17, 15) is 29.1 Å². The average Bonchev–Trinajstić information content (AvgIpc) is 2.80. The van der Waals surface area contributed by atoms with Gasteiger partial charge in [0.05, 0.1) is 6.04 Å². The summed E-state index contributed by atoms with van der Waals surface area (Å²) in [5.74, 6) is -4.26. The van der Waals surface area contributed by atoms with Gasteiger partial charge >= 0.3 is 5.97 Å². The van der Waals surface area contributed by atoms with Gasteiger partial charge in [0.2, 0.25) is 23.6 Å². The second kappa shape index (κ2) is 17.1. The van der Waals surface area contributed by atoms with E-state index in [1.165, 1.54) is 0 Å². The van der Waals surface area contributed by atoms with E-state index in [2.05, 4.69) is 20.9 Å². The van der Waals surface area contributed by atoms with Crippen LogP contribution in [0.2, 0.25) is 0 Å². The lowest BCUT2D eigenvalue weighted by atomic mass is 9.96. The van der Waals surface area contributed by atoms with E-state index in [0.29, 0.717) is 19.4 Å². The Morgan fingerprint density at radius 1 is 0.865 bits per heavy atom. The highest BCUT2D eigenvalue weighted by Crippen LogP contribution is 2.12. The number of nitrogens with one attached hydrogen (secondary N) is 3. The topological polar surface area (TPSA) is 258 Å². The minimum absolute atomic E-state index is 0.0276. The number of rotatable bonds is 18. The Labute approximate surface area is 217 Å². The fourth-order valence-electron chi connectivity index (χ4n) is 3.39. The Morgan fingerprint density at radius 2 is 1.46 bits per heavy atom. The van der Waals surface area contributed by atoms with Crippen molar-refractivity contribution >= 4 is 35.6 Å². The summed E-state index contributed by atoms with van der Waals surface area (Å²) in [5, 5.41) is 17.1. The Morgan fingerprint density at radius 3 is 1.95 bits per heavy atom. The van der Waals surface area contributed by atoms with E-state index in [-0.39, 0.29) is 43.5 Å². The third-order valence-electron chi connectivity index (χ3n) is 5.73. The minimum atomic E-state index is -1.35. The molecule has 0 bridgehead atoms. The van der Waals surface area contributed by atoms with Crippen LogP contribution in [0.4, 0.5) is 0 Å². The van der Waals surface area contributed by atoms with Crippen LogP contribution in [0.5, 0.6) is 0 Å². The van der Waals surface area contributed by atoms with E-state index in [4.69, 9.17) is 22.9 Å². The largest absolute Gasteiger partial charge is 0.480 e. The maximum atomic E-state index is 13.2. The van der Waals surface area contributed by atoms with Crippen LogP contribution in [-0.4, -0.2) is 71.4 Å². The van der Waals surface area contributed by atoms with E-state index < -0.39 is 53.8 Å². The van der Waals surface area contributed by atoms with Gasteiger partial charge in [0.25, 0.3) is 0 Å². The van der Waals surface area contributed by atoms with Gasteiger partial charge in [-0.25, -0.2) is 4.79 Å². The molecule has 0 aromatic carbocycles. The zero-order valence-corrected chi connectivity index (χ0v) is 22.2. The highest BCUT2D eigenvalue weighted by atomic mass is 16.4. The molecule has 0 fully saturated rings. The highest BCUT2D eigenvalue weighted by molar-refractivity contribution is 5.94. The fourth-order valence-corrected chi connectivity index (χ4v) is 3.39. The van der Waals surface area contributed by atoms with Crippen LogP contribution in [0.15, 0.2) is 4.99 Å². The number of aliphatic carboxylic acids is 1. The fraction of sp³-hybridized carbons (Fsp3) is 0.739. The standard InChI is InChI=1S/C23H44N8O6/c1-5-13(4)18(31-19(33)14(24)7-6-10-28-23(26)27)21(35)30-16(11-12(2)3)20(34)29-15(22(36)37)8-9-17(25)32/h12-16,18H,5-11,24H2,1-4H3,(H2,25,32)(H,29,34)(H,30,35)(H,31,33)(H,36,37)(H4,26,27,28). The number of aliphatic imine (C=N–C) groups is 1. The van der Waals surface area contributed by atoms with Gasteiger partial charge in [-0.1, -0.05) is 34.1 Å². The molecule has 0 saturated heterocycles. The molecule has 212 valence electrons. The van der Waals surface area contributed by atoms with Crippen LogP contribution in [0, 0.1) is 11.8 Å². The van der Waals surface area contributed by atoms with Crippen LogP contribution in [0.1, 0.15) is 66.2 Å². The molecule has 0 aromatic heterocycles. The Kier molecular flexibility index (Phi) is 15.5. The molecular weight excluding hydrogens is 484 g/mol. The molecule has 0 aromatic rings. The van der Waals surface area contributed by atoms with Gasteiger partial charge in [-0.15, -0.1) is 0 Å². The first-order valence-corrected chi connectivity index (χ1v) is 12.4. The summed E-state index contributed by atoms with van der Waals surface area (Å²) in [6.07, 6.45) is 1.10. The van der Waals surface area contributed by atoms with Crippen LogP contribution in [-0.2, 0) is 24.0 Å². The van der Waals surface area contributed by atoms with Crippen molar-refractivity contribution in [2.75, 3.05) is 6.54 Å². The van der Waals surface area contributed by atoms with Crippen molar-refractivity contribution in [1.82, 2.24) is 16.0 Å². The minimum Gasteiger partial charge on any atom is -0.480 e. The SMILES string of the molecule is CCC(C)C(NC(=O)C(N)CCCN=C(N)N)C(=O)NC(CC(C)C)C(=O)NC(CCC(N)=O)C(=O)O. The Bertz CT molecular complexity index is 815. The van der Waals surface area contributed by atoms with Gasteiger partial charge < -0.3 is 44.0 Å². The van der Waals surface area contributed by atoms with Crippen molar-refractivity contribution in [3.05, 3.63) is 0 Å². The molecule has 0 radical (unpaired) electrons. The molecule has 0 aliphatic heterocycles. The lowest BCUT2D eigenvalue weighted by molar-refractivity contribution is -0.142. The molecule has 0 saturated carbocycles. The molecule has 0 aliphatic carbocycles. The van der Waals surface area contributed by atoms with Gasteiger partial charge in [-0.05, 0) is 37.5 Å². The number of nitrogens with two attached hydrogens (primary N) is 4. The van der Waals surface area contributed by atoms with Crippen molar-refractivity contribution in [2.45, 2.75) is 90.4 Å². The van der Waals surface area contributed by atoms with Crippen molar-refractivity contribution in [3.63, 3.8) is 0 Å². The molecule has 5 atom stereocenters. The number of amides is 4. The zero-order valence-electron chi connectivity index (χ0n) is 22.2. The number of carboxylic acid groups (broad SMARTS) is 1. The van der Waals surface area contributed by atoms with Crippen molar-refractivity contribution < 1.29 is 29.1 Å². The molecule has 0 heterocycles. The zero-order chi connectivity index (χ0) is 28.7. The van der Waals surface area contributed by atoms with E-state index >= 15 is 0 Å². The predicted octanol–water partition coefficient (Wildman–Crippen LogP) is -1.74. The average molecular weight is 529 g/mol. The number of guanidine groups is 1.